The number of thioether (sulfide) groups is 1. The first kappa shape index (κ1) is 12.0. The van der Waals surface area contributed by atoms with Crippen LogP contribution in [-0.2, 0) is 0 Å². The number of aromatic nitrogens is 2. The van der Waals surface area contributed by atoms with Gasteiger partial charge in [-0.1, -0.05) is 5.16 Å². The smallest absolute Gasteiger partial charge is 0.239 e. The van der Waals surface area contributed by atoms with Crippen LogP contribution in [0.2, 0.25) is 0 Å². The molecule has 2 rings (SSSR count). The molecule has 0 saturated carbocycles. The van der Waals surface area contributed by atoms with Gasteiger partial charge in [0.25, 0.3) is 0 Å². The summed E-state index contributed by atoms with van der Waals surface area (Å²) in [5.74, 6) is 2.18. The molecule has 0 unspecified atom stereocenters. The Kier molecular flexibility index (Phi) is 3.68. The molecule has 0 radical (unpaired) electrons. The Morgan fingerprint density at radius 2 is 2.00 bits per heavy atom. The molecule has 1 heterocycles. The van der Waals surface area contributed by atoms with E-state index in [0.717, 1.165) is 10.6 Å². The zero-order valence-electron chi connectivity index (χ0n) is 10.0. The maximum atomic E-state index is 5.14. The summed E-state index contributed by atoms with van der Waals surface area (Å²) in [5, 5.41) is 3.93. The third-order valence-electron chi connectivity index (χ3n) is 2.26. The molecule has 0 fully saturated rings. The SMILES string of the molecule is COc1ccc(S[C@@H](C)c2nc(C)no2)cc1. The number of nitrogens with zero attached hydrogens (tertiary/aromatic N) is 2. The van der Waals surface area contributed by atoms with Crippen molar-refractivity contribution in [2.24, 2.45) is 0 Å². The van der Waals surface area contributed by atoms with Crippen molar-refractivity contribution in [3.05, 3.63) is 36.0 Å². The molecule has 4 nitrogen and oxygen atoms in total. The number of ether oxygens (including phenoxy) is 1. The molecule has 1 aromatic heterocycles. The molecule has 2 aromatic rings. The van der Waals surface area contributed by atoms with Crippen LogP contribution in [-0.4, -0.2) is 17.3 Å². The molecule has 1 aromatic carbocycles. The van der Waals surface area contributed by atoms with E-state index in [1.165, 1.54) is 0 Å². The summed E-state index contributed by atoms with van der Waals surface area (Å²) < 4.78 is 10.2. The lowest BCUT2D eigenvalue weighted by Crippen LogP contribution is -1.89. The van der Waals surface area contributed by atoms with Gasteiger partial charge in [0.05, 0.1) is 12.4 Å². The summed E-state index contributed by atoms with van der Waals surface area (Å²) in [6, 6.07) is 7.91. The van der Waals surface area contributed by atoms with Crippen LogP contribution in [0.25, 0.3) is 0 Å². The Hall–Kier alpha value is -1.49. The third kappa shape index (κ3) is 3.00. The fraction of sp³-hybridized carbons (Fsp3) is 0.333. The van der Waals surface area contributed by atoms with E-state index in [4.69, 9.17) is 9.26 Å². The van der Waals surface area contributed by atoms with Crippen molar-refractivity contribution in [2.45, 2.75) is 24.0 Å². The summed E-state index contributed by atoms with van der Waals surface area (Å²) in [6.45, 7) is 3.86. The lowest BCUT2D eigenvalue weighted by atomic mass is 10.3. The minimum absolute atomic E-state index is 0.143. The van der Waals surface area contributed by atoms with Crippen molar-refractivity contribution >= 4 is 11.8 Å². The highest BCUT2D eigenvalue weighted by Gasteiger charge is 2.14. The van der Waals surface area contributed by atoms with E-state index < -0.39 is 0 Å². The second-order valence-electron chi connectivity index (χ2n) is 3.62. The van der Waals surface area contributed by atoms with Gasteiger partial charge < -0.3 is 9.26 Å². The van der Waals surface area contributed by atoms with Gasteiger partial charge in [-0.25, -0.2) is 0 Å². The van der Waals surface area contributed by atoms with E-state index in [1.807, 2.05) is 38.1 Å². The third-order valence-corrected chi connectivity index (χ3v) is 3.36. The van der Waals surface area contributed by atoms with Crippen molar-refractivity contribution < 1.29 is 9.26 Å². The molecule has 0 bridgehead atoms. The van der Waals surface area contributed by atoms with Crippen molar-refractivity contribution in [1.82, 2.24) is 10.1 Å². The Labute approximate surface area is 104 Å². The number of hydrogen-bond acceptors (Lipinski definition) is 5. The Balaban J connectivity index is 2.04. The fourth-order valence-corrected chi connectivity index (χ4v) is 2.29. The summed E-state index contributed by atoms with van der Waals surface area (Å²) in [5.41, 5.74) is 0. The first-order valence-electron chi connectivity index (χ1n) is 5.30. The second-order valence-corrected chi connectivity index (χ2v) is 5.03. The molecule has 1 atom stereocenters. The topological polar surface area (TPSA) is 48.2 Å². The molecule has 17 heavy (non-hydrogen) atoms. The quantitative estimate of drug-likeness (QED) is 0.780. The van der Waals surface area contributed by atoms with Crippen LogP contribution in [0.15, 0.2) is 33.7 Å². The number of aryl methyl sites for hydroxylation is 1. The van der Waals surface area contributed by atoms with Gasteiger partial charge in [0.15, 0.2) is 5.82 Å². The molecule has 0 amide bonds. The highest BCUT2D eigenvalue weighted by molar-refractivity contribution is 7.99. The van der Waals surface area contributed by atoms with Gasteiger partial charge >= 0.3 is 0 Å². The van der Waals surface area contributed by atoms with Crippen molar-refractivity contribution in [3.8, 4) is 5.75 Å². The number of rotatable bonds is 4. The summed E-state index contributed by atoms with van der Waals surface area (Å²) in [6.07, 6.45) is 0. The van der Waals surface area contributed by atoms with E-state index in [0.29, 0.717) is 11.7 Å². The predicted octanol–water partition coefficient (Wildman–Crippen LogP) is 3.24. The van der Waals surface area contributed by atoms with E-state index in [1.54, 1.807) is 18.9 Å². The molecule has 0 aliphatic carbocycles. The molecule has 90 valence electrons. The molecule has 5 heteroatoms. The summed E-state index contributed by atoms with van der Waals surface area (Å²) in [7, 11) is 1.66. The van der Waals surface area contributed by atoms with E-state index >= 15 is 0 Å². The lowest BCUT2D eigenvalue weighted by molar-refractivity contribution is 0.376. The Morgan fingerprint density at radius 1 is 1.29 bits per heavy atom. The van der Waals surface area contributed by atoms with Crippen LogP contribution >= 0.6 is 11.8 Å². The lowest BCUT2D eigenvalue weighted by Gasteiger charge is -2.06. The molecular weight excluding hydrogens is 236 g/mol. The highest BCUT2D eigenvalue weighted by Crippen LogP contribution is 2.34. The van der Waals surface area contributed by atoms with Crippen LogP contribution in [0.3, 0.4) is 0 Å². The molecular formula is C12H14N2O2S. The normalized spacial score (nSPS) is 12.4. The maximum absolute atomic E-state index is 5.14. The van der Waals surface area contributed by atoms with Gasteiger partial charge in [-0.2, -0.15) is 4.98 Å². The van der Waals surface area contributed by atoms with Crippen LogP contribution in [0.5, 0.6) is 5.75 Å². The Bertz CT molecular complexity index is 482. The summed E-state index contributed by atoms with van der Waals surface area (Å²) in [4.78, 5) is 5.36. The zero-order chi connectivity index (χ0) is 12.3. The van der Waals surface area contributed by atoms with E-state index in [-0.39, 0.29) is 5.25 Å². The molecule has 0 aliphatic heterocycles. The maximum Gasteiger partial charge on any atom is 0.239 e. The van der Waals surface area contributed by atoms with Crippen molar-refractivity contribution in [1.29, 1.82) is 0 Å². The molecule has 0 spiro atoms. The average Bonchev–Trinajstić information content (AvgIpc) is 2.77. The highest BCUT2D eigenvalue weighted by atomic mass is 32.2. The minimum Gasteiger partial charge on any atom is -0.497 e. The summed E-state index contributed by atoms with van der Waals surface area (Å²) >= 11 is 1.68. The fourth-order valence-electron chi connectivity index (χ4n) is 1.39. The largest absolute Gasteiger partial charge is 0.497 e. The Morgan fingerprint density at radius 3 is 2.53 bits per heavy atom. The van der Waals surface area contributed by atoms with E-state index in [2.05, 4.69) is 10.1 Å². The van der Waals surface area contributed by atoms with Gasteiger partial charge in [-0.05, 0) is 38.1 Å². The van der Waals surface area contributed by atoms with E-state index in [9.17, 15) is 0 Å². The van der Waals surface area contributed by atoms with Gasteiger partial charge in [0.1, 0.15) is 5.75 Å². The first-order chi connectivity index (χ1) is 8.19. The average molecular weight is 250 g/mol. The second kappa shape index (κ2) is 5.23. The number of benzene rings is 1. The molecule has 0 saturated heterocycles. The molecule has 0 N–H and O–H groups in total. The number of methoxy groups -OCH3 is 1. The zero-order valence-corrected chi connectivity index (χ0v) is 10.8. The van der Waals surface area contributed by atoms with Gasteiger partial charge in [-0.15, -0.1) is 11.8 Å². The van der Waals surface area contributed by atoms with Crippen LogP contribution in [0.4, 0.5) is 0 Å². The first-order valence-corrected chi connectivity index (χ1v) is 6.18. The number of hydrogen-bond donors (Lipinski definition) is 0. The minimum atomic E-state index is 0.143. The van der Waals surface area contributed by atoms with Crippen LogP contribution < -0.4 is 4.74 Å². The van der Waals surface area contributed by atoms with Crippen LogP contribution in [0, 0.1) is 6.92 Å². The standard InChI is InChI=1S/C12H14N2O2S/c1-8(12-13-9(2)14-16-12)17-11-6-4-10(15-3)5-7-11/h4-8H,1-3H3/t8-/m0/s1. The van der Waals surface area contributed by atoms with Gasteiger partial charge in [0, 0.05) is 4.90 Å². The monoisotopic (exact) mass is 250 g/mol. The molecule has 0 aliphatic rings. The van der Waals surface area contributed by atoms with Gasteiger partial charge in [-0.3, -0.25) is 0 Å². The predicted molar refractivity (Wildman–Crippen MR) is 66.3 cm³/mol. The van der Waals surface area contributed by atoms with Crippen molar-refractivity contribution in [3.63, 3.8) is 0 Å². The van der Waals surface area contributed by atoms with Gasteiger partial charge in [0.2, 0.25) is 5.89 Å². The van der Waals surface area contributed by atoms with Crippen molar-refractivity contribution in [2.75, 3.05) is 7.11 Å². The van der Waals surface area contributed by atoms with Crippen LogP contribution in [0.1, 0.15) is 23.9 Å².